The van der Waals surface area contributed by atoms with E-state index >= 15 is 0 Å². The zero-order valence-electron chi connectivity index (χ0n) is 11.5. The highest BCUT2D eigenvalue weighted by molar-refractivity contribution is 5.87. The molecular formula is C15H26O2. The predicted octanol–water partition coefficient (Wildman–Crippen LogP) is 4.41. The molecule has 0 rings (SSSR count). The summed E-state index contributed by atoms with van der Waals surface area (Å²) < 4.78 is 5.10. The van der Waals surface area contributed by atoms with E-state index < -0.39 is 0 Å². The lowest BCUT2D eigenvalue weighted by Gasteiger charge is -2.02. The number of ether oxygens (including phenoxy) is 1. The van der Waals surface area contributed by atoms with E-state index in [1.54, 1.807) is 13.0 Å². The van der Waals surface area contributed by atoms with Crippen LogP contribution in [0, 0.1) is 0 Å². The first-order valence-electron chi connectivity index (χ1n) is 6.67. The SMILES string of the molecule is C/C=C(/C)C(=O)OCCC/C=C/CCCCC. The number of hydrogen-bond donors (Lipinski definition) is 0. The Morgan fingerprint density at radius 1 is 1.12 bits per heavy atom. The summed E-state index contributed by atoms with van der Waals surface area (Å²) in [6.45, 7) is 6.35. The molecule has 0 aliphatic carbocycles. The van der Waals surface area contributed by atoms with E-state index in [2.05, 4.69) is 19.1 Å². The molecule has 0 aromatic carbocycles. The van der Waals surface area contributed by atoms with Gasteiger partial charge in [-0.2, -0.15) is 0 Å². The lowest BCUT2D eigenvalue weighted by atomic mass is 10.2. The van der Waals surface area contributed by atoms with Gasteiger partial charge in [0.25, 0.3) is 0 Å². The molecule has 0 fully saturated rings. The van der Waals surface area contributed by atoms with Gasteiger partial charge in [-0.05, 0) is 39.5 Å². The Kier molecular flexibility index (Phi) is 10.7. The van der Waals surface area contributed by atoms with Crippen molar-refractivity contribution < 1.29 is 9.53 Å². The normalized spacial score (nSPS) is 12.1. The third-order valence-electron chi connectivity index (χ3n) is 2.64. The minimum Gasteiger partial charge on any atom is -0.462 e. The molecule has 0 bridgehead atoms. The molecule has 0 saturated heterocycles. The molecule has 0 N–H and O–H groups in total. The van der Waals surface area contributed by atoms with E-state index in [9.17, 15) is 4.79 Å². The fourth-order valence-electron chi connectivity index (χ4n) is 1.35. The van der Waals surface area contributed by atoms with Gasteiger partial charge in [0.1, 0.15) is 0 Å². The van der Waals surface area contributed by atoms with E-state index in [4.69, 9.17) is 4.74 Å². The van der Waals surface area contributed by atoms with Crippen molar-refractivity contribution in [3.8, 4) is 0 Å². The van der Waals surface area contributed by atoms with E-state index in [-0.39, 0.29) is 5.97 Å². The second kappa shape index (κ2) is 11.4. The number of hydrogen-bond acceptors (Lipinski definition) is 2. The summed E-state index contributed by atoms with van der Waals surface area (Å²) in [6, 6.07) is 0. The van der Waals surface area contributed by atoms with Gasteiger partial charge in [0.2, 0.25) is 0 Å². The molecule has 2 heteroatoms. The Hall–Kier alpha value is -1.05. The Bertz CT molecular complexity index is 252. The minimum atomic E-state index is -0.195. The molecule has 0 aliphatic rings. The van der Waals surface area contributed by atoms with Crippen molar-refractivity contribution in [2.75, 3.05) is 6.61 Å². The van der Waals surface area contributed by atoms with E-state index in [1.165, 1.54) is 25.7 Å². The molecule has 0 aliphatic heterocycles. The Morgan fingerprint density at radius 2 is 1.76 bits per heavy atom. The predicted molar refractivity (Wildman–Crippen MR) is 72.9 cm³/mol. The first-order chi connectivity index (χ1) is 8.22. The van der Waals surface area contributed by atoms with Gasteiger partial charge in [-0.25, -0.2) is 4.79 Å². The van der Waals surface area contributed by atoms with Crippen LogP contribution < -0.4 is 0 Å². The molecule has 0 aromatic heterocycles. The number of rotatable bonds is 9. The van der Waals surface area contributed by atoms with Crippen LogP contribution in [0.25, 0.3) is 0 Å². The molecule has 0 spiro atoms. The standard InChI is InChI=1S/C15H26O2/c1-4-6-7-8-9-10-11-12-13-17-15(16)14(3)5-2/h5,9-10H,4,6-8,11-13H2,1-3H3/b10-9+,14-5-. The van der Waals surface area contributed by atoms with E-state index in [1.807, 2.05) is 6.92 Å². The molecule has 17 heavy (non-hydrogen) atoms. The average molecular weight is 238 g/mol. The second-order valence-electron chi connectivity index (χ2n) is 4.22. The number of carbonyl (C=O) groups excluding carboxylic acids is 1. The summed E-state index contributed by atoms with van der Waals surface area (Å²) in [4.78, 5) is 11.3. The van der Waals surface area contributed by atoms with Crippen molar-refractivity contribution in [3.63, 3.8) is 0 Å². The molecule has 98 valence electrons. The monoisotopic (exact) mass is 238 g/mol. The quantitative estimate of drug-likeness (QED) is 0.257. The van der Waals surface area contributed by atoms with Crippen LogP contribution in [0.15, 0.2) is 23.8 Å². The van der Waals surface area contributed by atoms with Gasteiger partial charge in [0, 0.05) is 5.57 Å². The summed E-state index contributed by atoms with van der Waals surface area (Å²) in [5, 5.41) is 0. The van der Waals surface area contributed by atoms with Crippen molar-refractivity contribution >= 4 is 5.97 Å². The van der Waals surface area contributed by atoms with E-state index in [0.29, 0.717) is 12.2 Å². The maximum Gasteiger partial charge on any atom is 0.333 e. The van der Waals surface area contributed by atoms with Gasteiger partial charge < -0.3 is 4.74 Å². The highest BCUT2D eigenvalue weighted by Gasteiger charge is 2.02. The van der Waals surface area contributed by atoms with Gasteiger partial charge in [0.05, 0.1) is 6.61 Å². The van der Waals surface area contributed by atoms with Gasteiger partial charge in [-0.15, -0.1) is 0 Å². The van der Waals surface area contributed by atoms with Crippen molar-refractivity contribution in [1.29, 1.82) is 0 Å². The van der Waals surface area contributed by atoms with Gasteiger partial charge in [-0.3, -0.25) is 0 Å². The maximum atomic E-state index is 11.3. The Morgan fingerprint density at radius 3 is 2.35 bits per heavy atom. The van der Waals surface area contributed by atoms with Crippen molar-refractivity contribution in [3.05, 3.63) is 23.8 Å². The number of carbonyl (C=O) groups is 1. The van der Waals surface area contributed by atoms with Crippen LogP contribution in [-0.2, 0) is 9.53 Å². The first-order valence-corrected chi connectivity index (χ1v) is 6.67. The fraction of sp³-hybridized carbons (Fsp3) is 0.667. The van der Waals surface area contributed by atoms with Crippen LogP contribution in [0.2, 0.25) is 0 Å². The van der Waals surface area contributed by atoms with Crippen LogP contribution in [0.5, 0.6) is 0 Å². The molecule has 2 nitrogen and oxygen atoms in total. The van der Waals surface area contributed by atoms with Crippen LogP contribution in [0.1, 0.15) is 59.3 Å². The molecule has 0 heterocycles. The topological polar surface area (TPSA) is 26.3 Å². The number of allylic oxidation sites excluding steroid dienone is 3. The third-order valence-corrected chi connectivity index (χ3v) is 2.64. The molecule has 0 radical (unpaired) electrons. The lowest BCUT2D eigenvalue weighted by molar-refractivity contribution is -0.139. The molecule has 0 aromatic rings. The van der Waals surface area contributed by atoms with Gasteiger partial charge >= 0.3 is 5.97 Å². The highest BCUT2D eigenvalue weighted by atomic mass is 16.5. The van der Waals surface area contributed by atoms with Crippen molar-refractivity contribution in [2.24, 2.45) is 0 Å². The Labute approximate surface area is 106 Å². The van der Waals surface area contributed by atoms with Gasteiger partial charge in [0.15, 0.2) is 0 Å². The minimum absolute atomic E-state index is 0.195. The lowest BCUT2D eigenvalue weighted by Crippen LogP contribution is -2.06. The number of esters is 1. The van der Waals surface area contributed by atoms with Crippen molar-refractivity contribution in [2.45, 2.75) is 59.3 Å². The average Bonchev–Trinajstić information content (AvgIpc) is 2.35. The first kappa shape index (κ1) is 16.0. The number of unbranched alkanes of at least 4 members (excludes halogenated alkanes) is 4. The molecule has 0 atom stereocenters. The summed E-state index contributed by atoms with van der Waals surface area (Å²) in [5.41, 5.74) is 0.681. The van der Waals surface area contributed by atoms with Crippen molar-refractivity contribution in [1.82, 2.24) is 0 Å². The van der Waals surface area contributed by atoms with E-state index in [0.717, 1.165) is 12.8 Å². The fourth-order valence-corrected chi connectivity index (χ4v) is 1.35. The molecule has 0 saturated carbocycles. The Balaban J connectivity index is 3.37. The molecular weight excluding hydrogens is 212 g/mol. The summed E-state index contributed by atoms with van der Waals surface area (Å²) in [5.74, 6) is -0.195. The zero-order valence-corrected chi connectivity index (χ0v) is 11.5. The summed E-state index contributed by atoms with van der Waals surface area (Å²) >= 11 is 0. The summed E-state index contributed by atoms with van der Waals surface area (Å²) in [7, 11) is 0. The zero-order chi connectivity index (χ0) is 12.9. The van der Waals surface area contributed by atoms with Crippen LogP contribution >= 0.6 is 0 Å². The van der Waals surface area contributed by atoms with Gasteiger partial charge in [-0.1, -0.05) is 38.0 Å². The highest BCUT2D eigenvalue weighted by Crippen LogP contribution is 2.02. The van der Waals surface area contributed by atoms with Crippen LogP contribution in [-0.4, -0.2) is 12.6 Å². The maximum absolute atomic E-state index is 11.3. The molecule has 0 unspecified atom stereocenters. The molecule has 0 amide bonds. The largest absolute Gasteiger partial charge is 0.462 e. The summed E-state index contributed by atoms with van der Waals surface area (Å²) in [6.07, 6.45) is 13.1. The smallest absolute Gasteiger partial charge is 0.333 e. The van der Waals surface area contributed by atoms with Crippen LogP contribution in [0.3, 0.4) is 0 Å². The second-order valence-corrected chi connectivity index (χ2v) is 4.22. The van der Waals surface area contributed by atoms with Crippen LogP contribution in [0.4, 0.5) is 0 Å². The third kappa shape index (κ3) is 9.86.